The zero-order chi connectivity index (χ0) is 8.97. The summed E-state index contributed by atoms with van der Waals surface area (Å²) in [7, 11) is 1.39. The van der Waals surface area contributed by atoms with Crippen molar-refractivity contribution in [1.82, 2.24) is 15.3 Å². The normalized spacial score (nSPS) is 9.83. The van der Waals surface area contributed by atoms with Gasteiger partial charge >= 0.3 is 0 Å². The van der Waals surface area contributed by atoms with Crippen molar-refractivity contribution in [3.05, 3.63) is 18.0 Å². The lowest BCUT2D eigenvalue weighted by Crippen LogP contribution is -2.24. The number of nitrogens with zero attached hydrogens (tertiary/aromatic N) is 2. The predicted molar refractivity (Wildman–Crippen MR) is 42.4 cm³/mol. The highest BCUT2D eigenvalue weighted by Gasteiger charge is 2.09. The van der Waals surface area contributed by atoms with Crippen molar-refractivity contribution in [2.24, 2.45) is 0 Å². The largest absolute Gasteiger partial charge is 0.293 e. The summed E-state index contributed by atoms with van der Waals surface area (Å²) in [4.78, 5) is 15.7. The van der Waals surface area contributed by atoms with Gasteiger partial charge < -0.3 is 0 Å². The molecule has 1 rings (SSSR count). The Morgan fingerprint density at radius 3 is 3.17 bits per heavy atom. The van der Waals surface area contributed by atoms with Crippen LogP contribution >= 0.6 is 0 Å². The van der Waals surface area contributed by atoms with Gasteiger partial charge in [0.15, 0.2) is 0 Å². The lowest BCUT2D eigenvalue weighted by molar-refractivity contribution is 0.0526. The molecule has 0 saturated carbocycles. The first-order valence-electron chi connectivity index (χ1n) is 3.64. The summed E-state index contributed by atoms with van der Waals surface area (Å²) < 4.78 is 1.59. The van der Waals surface area contributed by atoms with E-state index in [1.165, 1.54) is 7.11 Å². The fourth-order valence-electron chi connectivity index (χ4n) is 0.923. The molecule has 1 aromatic heterocycles. The third-order valence-electron chi connectivity index (χ3n) is 1.44. The standard InChI is InChI=1S/C7H11N3O2/c1-3-10-6(4-5-8-10)7(11)9-12-2/h4-5H,3H2,1-2H3,(H,9,11). The maximum Gasteiger partial charge on any atom is 0.293 e. The lowest BCUT2D eigenvalue weighted by atomic mass is 10.4. The Hall–Kier alpha value is -1.36. The number of carbonyl (C=O) groups excluding carboxylic acids is 1. The molecule has 0 unspecified atom stereocenters. The van der Waals surface area contributed by atoms with Gasteiger partial charge in [0.25, 0.3) is 5.91 Å². The first-order chi connectivity index (χ1) is 5.79. The predicted octanol–water partition coefficient (Wildman–Crippen LogP) is 0.194. The molecule has 0 bridgehead atoms. The maximum absolute atomic E-state index is 11.2. The molecule has 0 aliphatic rings. The molecule has 1 aromatic rings. The van der Waals surface area contributed by atoms with Gasteiger partial charge in [-0.05, 0) is 13.0 Å². The summed E-state index contributed by atoms with van der Waals surface area (Å²) in [5.74, 6) is -0.281. The lowest BCUT2D eigenvalue weighted by Gasteiger charge is -2.03. The zero-order valence-corrected chi connectivity index (χ0v) is 7.07. The van der Waals surface area contributed by atoms with Gasteiger partial charge in [-0.2, -0.15) is 5.10 Å². The van der Waals surface area contributed by atoms with Crippen LogP contribution < -0.4 is 5.48 Å². The Bertz CT molecular complexity index is 269. The van der Waals surface area contributed by atoms with Crippen LogP contribution in [-0.4, -0.2) is 22.8 Å². The van der Waals surface area contributed by atoms with Crippen molar-refractivity contribution in [1.29, 1.82) is 0 Å². The number of rotatable bonds is 3. The van der Waals surface area contributed by atoms with E-state index < -0.39 is 0 Å². The fraction of sp³-hybridized carbons (Fsp3) is 0.429. The van der Waals surface area contributed by atoms with Gasteiger partial charge in [-0.3, -0.25) is 14.3 Å². The summed E-state index contributed by atoms with van der Waals surface area (Å²) >= 11 is 0. The van der Waals surface area contributed by atoms with Gasteiger partial charge in [0.2, 0.25) is 0 Å². The second-order valence-corrected chi connectivity index (χ2v) is 2.17. The van der Waals surface area contributed by atoms with Crippen molar-refractivity contribution in [2.45, 2.75) is 13.5 Å². The number of carbonyl (C=O) groups is 1. The van der Waals surface area contributed by atoms with Crippen LogP contribution in [0.15, 0.2) is 12.3 Å². The molecule has 12 heavy (non-hydrogen) atoms. The fourth-order valence-corrected chi connectivity index (χ4v) is 0.923. The molecule has 5 heteroatoms. The molecule has 1 heterocycles. The Balaban J connectivity index is 2.79. The second-order valence-electron chi connectivity index (χ2n) is 2.17. The van der Waals surface area contributed by atoms with Crippen LogP contribution in [0.2, 0.25) is 0 Å². The Morgan fingerprint density at radius 1 is 1.83 bits per heavy atom. The molecule has 1 amide bonds. The van der Waals surface area contributed by atoms with Crippen LogP contribution in [0.1, 0.15) is 17.4 Å². The van der Waals surface area contributed by atoms with E-state index in [1.807, 2.05) is 6.92 Å². The summed E-state index contributed by atoms with van der Waals surface area (Å²) in [6, 6.07) is 1.64. The first-order valence-corrected chi connectivity index (χ1v) is 3.64. The van der Waals surface area contributed by atoms with E-state index >= 15 is 0 Å². The number of aromatic nitrogens is 2. The molecule has 0 aliphatic carbocycles. The van der Waals surface area contributed by atoms with Crippen molar-refractivity contribution in [2.75, 3.05) is 7.11 Å². The summed E-state index contributed by atoms with van der Waals surface area (Å²) in [5, 5.41) is 3.94. The third-order valence-corrected chi connectivity index (χ3v) is 1.44. The molecule has 0 radical (unpaired) electrons. The maximum atomic E-state index is 11.2. The van der Waals surface area contributed by atoms with Crippen LogP contribution in [0.3, 0.4) is 0 Å². The van der Waals surface area contributed by atoms with E-state index in [-0.39, 0.29) is 5.91 Å². The van der Waals surface area contributed by atoms with Crippen LogP contribution in [0.25, 0.3) is 0 Å². The SMILES string of the molecule is CCn1nccc1C(=O)NOC. The van der Waals surface area contributed by atoms with E-state index in [0.29, 0.717) is 12.2 Å². The molecular formula is C7H11N3O2. The van der Waals surface area contributed by atoms with Gasteiger partial charge in [0.1, 0.15) is 5.69 Å². The minimum atomic E-state index is -0.281. The topological polar surface area (TPSA) is 56.2 Å². The highest BCUT2D eigenvalue weighted by atomic mass is 16.6. The molecule has 0 aromatic carbocycles. The molecule has 0 saturated heterocycles. The third kappa shape index (κ3) is 1.62. The van der Waals surface area contributed by atoms with E-state index in [4.69, 9.17) is 0 Å². The summed E-state index contributed by atoms with van der Waals surface area (Å²) in [5.41, 5.74) is 2.72. The van der Waals surface area contributed by atoms with E-state index in [0.717, 1.165) is 0 Å². The smallest absolute Gasteiger partial charge is 0.277 e. The minimum absolute atomic E-state index is 0.281. The first kappa shape index (κ1) is 8.73. The number of nitrogens with one attached hydrogen (secondary N) is 1. The van der Waals surface area contributed by atoms with Crippen LogP contribution in [0.4, 0.5) is 0 Å². The number of amides is 1. The minimum Gasteiger partial charge on any atom is -0.277 e. The molecule has 5 nitrogen and oxygen atoms in total. The Kier molecular flexibility index (Phi) is 2.82. The van der Waals surface area contributed by atoms with Crippen molar-refractivity contribution >= 4 is 5.91 Å². The summed E-state index contributed by atoms with van der Waals surface area (Å²) in [6.07, 6.45) is 1.58. The number of hydrogen-bond donors (Lipinski definition) is 1. The Labute approximate surface area is 70.3 Å². The number of hydroxylamine groups is 1. The van der Waals surface area contributed by atoms with Crippen LogP contribution in [0.5, 0.6) is 0 Å². The molecule has 66 valence electrons. The molecule has 0 aliphatic heterocycles. The zero-order valence-electron chi connectivity index (χ0n) is 7.07. The monoisotopic (exact) mass is 169 g/mol. The number of aryl methyl sites for hydroxylation is 1. The van der Waals surface area contributed by atoms with Crippen molar-refractivity contribution in [3.8, 4) is 0 Å². The Morgan fingerprint density at radius 2 is 2.58 bits per heavy atom. The van der Waals surface area contributed by atoms with Crippen molar-refractivity contribution in [3.63, 3.8) is 0 Å². The van der Waals surface area contributed by atoms with E-state index in [9.17, 15) is 4.79 Å². The van der Waals surface area contributed by atoms with Crippen LogP contribution in [0, 0.1) is 0 Å². The summed E-state index contributed by atoms with van der Waals surface area (Å²) in [6.45, 7) is 2.58. The molecule has 1 N–H and O–H groups in total. The number of hydrogen-bond acceptors (Lipinski definition) is 3. The van der Waals surface area contributed by atoms with Gasteiger partial charge in [-0.1, -0.05) is 0 Å². The van der Waals surface area contributed by atoms with Gasteiger partial charge in [0.05, 0.1) is 7.11 Å². The van der Waals surface area contributed by atoms with E-state index in [2.05, 4.69) is 15.4 Å². The average Bonchev–Trinajstić information content (AvgIpc) is 2.51. The highest BCUT2D eigenvalue weighted by Crippen LogP contribution is 1.97. The average molecular weight is 169 g/mol. The van der Waals surface area contributed by atoms with Gasteiger partial charge in [0, 0.05) is 12.7 Å². The highest BCUT2D eigenvalue weighted by molar-refractivity contribution is 5.91. The van der Waals surface area contributed by atoms with Gasteiger partial charge in [-0.25, -0.2) is 5.48 Å². The molecular weight excluding hydrogens is 158 g/mol. The van der Waals surface area contributed by atoms with Crippen LogP contribution in [-0.2, 0) is 11.4 Å². The van der Waals surface area contributed by atoms with E-state index in [1.54, 1.807) is 16.9 Å². The van der Waals surface area contributed by atoms with Gasteiger partial charge in [-0.15, -0.1) is 0 Å². The molecule has 0 atom stereocenters. The second kappa shape index (κ2) is 3.87. The quantitative estimate of drug-likeness (QED) is 0.657. The molecule has 0 fully saturated rings. The molecule has 0 spiro atoms. The van der Waals surface area contributed by atoms with Crippen molar-refractivity contribution < 1.29 is 9.63 Å².